The molecule has 1 saturated heterocycles. The van der Waals surface area contributed by atoms with Crippen LogP contribution in [0.5, 0.6) is 17.2 Å². The number of benzene rings is 4. The lowest BCUT2D eigenvalue weighted by molar-refractivity contribution is -0.156. The van der Waals surface area contributed by atoms with Gasteiger partial charge in [-0.25, -0.2) is 9.55 Å². The minimum atomic E-state index is -4.18. The Kier molecular flexibility index (Phi) is 12.7. The van der Waals surface area contributed by atoms with Crippen molar-refractivity contribution in [2.45, 2.75) is 102 Å². The zero-order chi connectivity index (χ0) is 44.4. The van der Waals surface area contributed by atoms with Crippen molar-refractivity contribution >= 4 is 36.2 Å². The van der Waals surface area contributed by atoms with Gasteiger partial charge in [0.05, 0.1) is 36.1 Å². The van der Waals surface area contributed by atoms with Crippen molar-refractivity contribution in [3.8, 4) is 28.5 Å². The number of carbonyl (C=O) groups is 3. The number of amides is 1. The molecule has 1 aliphatic heterocycles. The molecule has 10 nitrogen and oxygen atoms in total. The van der Waals surface area contributed by atoms with Gasteiger partial charge in [0.1, 0.15) is 34.6 Å². The van der Waals surface area contributed by atoms with Crippen LogP contribution in [0.1, 0.15) is 77.7 Å². The Bertz CT molecular complexity index is 2460. The molecule has 0 bridgehead atoms. The number of nitrogens with zero attached hydrogens (tertiary/aromatic N) is 2. The number of fused-ring (bicyclic) bond motifs is 1. The fourth-order valence-corrected chi connectivity index (χ4v) is 11.7. The summed E-state index contributed by atoms with van der Waals surface area (Å²) >= 11 is 0. The van der Waals surface area contributed by atoms with Crippen LogP contribution in [0.4, 0.5) is 0 Å². The van der Waals surface area contributed by atoms with E-state index in [1.807, 2.05) is 94.4 Å². The molecule has 3 fully saturated rings. The standard InChI is InChI=1S/C52H57N2O8P/c1-6-37-32-52(37,63(58,61-39-22-12-8-13-23-39)62-40-24-14-9-15-25-40)33-47(55)46-29-41(34-54(46)50(57)43(51(3,4)5)30-49(56)60-38-20-16-17-21-38)59-48-31-44(36-18-10-7-11-19-36)53-45-28-35(2)26-27-42(45)48/h6-15,18-19,22-28,31,37-38,41,43,46H,1,16-17,20-21,29-30,32-34H2,2-5H3/t37?,41-,43-,46+,52?/m1/s1. The largest absolute Gasteiger partial charge is 0.488 e. The van der Waals surface area contributed by atoms with Gasteiger partial charge in [0.2, 0.25) is 5.91 Å². The maximum atomic E-state index is 15.5. The molecule has 0 radical (unpaired) electrons. The third-order valence-electron chi connectivity index (χ3n) is 12.9. The Hall–Kier alpha value is -5.73. The molecular weight excluding hydrogens is 812 g/mol. The molecule has 2 aliphatic carbocycles. The predicted octanol–water partition coefficient (Wildman–Crippen LogP) is 11.4. The summed E-state index contributed by atoms with van der Waals surface area (Å²) in [5.41, 5.74) is 2.81. The van der Waals surface area contributed by atoms with Gasteiger partial charge < -0.3 is 23.4 Å². The minimum Gasteiger partial charge on any atom is -0.488 e. The molecule has 4 aromatic carbocycles. The van der Waals surface area contributed by atoms with Crippen LogP contribution in [-0.4, -0.2) is 57.5 Å². The zero-order valence-corrected chi connectivity index (χ0v) is 37.5. The van der Waals surface area contributed by atoms with Gasteiger partial charge in [-0.05, 0) is 92.3 Å². The number of esters is 1. The number of hydrogen-bond acceptors (Lipinski definition) is 9. The summed E-state index contributed by atoms with van der Waals surface area (Å²) < 4.78 is 41.0. The van der Waals surface area contributed by atoms with Crippen molar-refractivity contribution in [3.63, 3.8) is 0 Å². The molecule has 2 heterocycles. The van der Waals surface area contributed by atoms with E-state index in [4.69, 9.17) is 23.5 Å². The first-order valence-corrected chi connectivity index (χ1v) is 23.7. The molecular formula is C52H57N2O8P. The number of aryl methyl sites for hydroxylation is 1. The van der Waals surface area contributed by atoms with Crippen molar-refractivity contribution in [1.29, 1.82) is 0 Å². The fourth-order valence-electron chi connectivity index (χ4n) is 9.24. The number of likely N-dealkylation sites (tertiary alicyclic amines) is 1. The summed E-state index contributed by atoms with van der Waals surface area (Å²) in [6.45, 7) is 11.9. The van der Waals surface area contributed by atoms with Crippen LogP contribution < -0.4 is 13.8 Å². The highest BCUT2D eigenvalue weighted by molar-refractivity contribution is 7.57. The van der Waals surface area contributed by atoms with Gasteiger partial charge in [0, 0.05) is 29.9 Å². The van der Waals surface area contributed by atoms with Gasteiger partial charge in [-0.2, -0.15) is 0 Å². The number of ketones is 1. The van der Waals surface area contributed by atoms with E-state index >= 15 is 14.2 Å². The number of ether oxygens (including phenoxy) is 2. The molecule has 2 unspecified atom stereocenters. The van der Waals surface area contributed by atoms with Crippen molar-refractivity contribution < 1.29 is 37.5 Å². The van der Waals surface area contributed by atoms with E-state index in [1.165, 1.54) is 0 Å². The summed E-state index contributed by atoms with van der Waals surface area (Å²) in [6, 6.07) is 34.4. The van der Waals surface area contributed by atoms with Crippen molar-refractivity contribution in [1.82, 2.24) is 9.88 Å². The molecule has 8 rings (SSSR count). The van der Waals surface area contributed by atoms with Crippen LogP contribution in [0, 0.1) is 24.2 Å². The maximum absolute atomic E-state index is 15.5. The van der Waals surface area contributed by atoms with E-state index in [9.17, 15) is 4.79 Å². The van der Waals surface area contributed by atoms with Crippen LogP contribution in [-0.2, 0) is 23.7 Å². The molecule has 5 aromatic rings. The van der Waals surface area contributed by atoms with Gasteiger partial charge >= 0.3 is 13.6 Å². The van der Waals surface area contributed by atoms with Crippen molar-refractivity contribution in [2.24, 2.45) is 17.3 Å². The molecule has 63 heavy (non-hydrogen) atoms. The highest BCUT2D eigenvalue weighted by Gasteiger charge is 2.70. The van der Waals surface area contributed by atoms with Gasteiger partial charge in [0.25, 0.3) is 0 Å². The summed E-state index contributed by atoms with van der Waals surface area (Å²) in [5, 5.41) is -0.457. The smallest absolute Gasteiger partial charge is 0.437 e. The normalized spacial score (nSPS) is 21.7. The predicted molar refractivity (Wildman–Crippen MR) is 245 cm³/mol. The van der Waals surface area contributed by atoms with E-state index in [0.29, 0.717) is 23.7 Å². The van der Waals surface area contributed by atoms with Crippen LogP contribution in [0.15, 0.2) is 128 Å². The number of pyridine rings is 1. The average molecular weight is 869 g/mol. The summed E-state index contributed by atoms with van der Waals surface area (Å²) in [6.07, 6.45) is 4.77. The third kappa shape index (κ3) is 9.62. The molecule has 0 N–H and O–H groups in total. The monoisotopic (exact) mass is 868 g/mol. The van der Waals surface area contributed by atoms with Crippen molar-refractivity contribution in [2.75, 3.05) is 6.54 Å². The molecule has 3 aliphatic rings. The highest BCUT2D eigenvalue weighted by atomic mass is 31.2. The fraction of sp³-hybridized carbons (Fsp3) is 0.385. The molecule has 0 spiro atoms. The van der Waals surface area contributed by atoms with Gasteiger partial charge in [-0.3, -0.25) is 14.4 Å². The molecule has 11 heteroatoms. The third-order valence-corrected chi connectivity index (χ3v) is 15.5. The Morgan fingerprint density at radius 3 is 2.08 bits per heavy atom. The van der Waals surface area contributed by atoms with E-state index in [0.717, 1.165) is 53.4 Å². The van der Waals surface area contributed by atoms with Gasteiger partial charge in [0.15, 0.2) is 5.78 Å². The van der Waals surface area contributed by atoms with E-state index in [-0.39, 0.29) is 49.5 Å². The number of aromatic nitrogens is 1. The highest BCUT2D eigenvalue weighted by Crippen LogP contribution is 2.75. The van der Waals surface area contributed by atoms with Crippen LogP contribution in [0.2, 0.25) is 0 Å². The van der Waals surface area contributed by atoms with Crippen LogP contribution >= 0.6 is 7.60 Å². The van der Waals surface area contributed by atoms with Crippen LogP contribution in [0.25, 0.3) is 22.2 Å². The second kappa shape index (κ2) is 18.2. The van der Waals surface area contributed by atoms with E-state index < -0.39 is 42.2 Å². The first-order valence-electron chi connectivity index (χ1n) is 22.1. The lowest BCUT2D eigenvalue weighted by Crippen LogP contribution is -2.48. The SMILES string of the molecule is C=CC1CC1(CC(=O)[C@@H]1C[C@@H](Oc2cc(-c3ccccc3)nc3cc(C)ccc23)CN1C(=O)[C@@H](CC(=O)OC1CCCC1)C(C)(C)C)P(=O)(Oc1ccccc1)Oc1ccccc1. The number of allylic oxidation sites excluding steroid dienone is 1. The van der Waals surface area contributed by atoms with Gasteiger partial charge in [-0.1, -0.05) is 99.6 Å². The second-order valence-corrected chi connectivity index (χ2v) is 20.7. The second-order valence-electron chi connectivity index (χ2n) is 18.5. The lowest BCUT2D eigenvalue weighted by Gasteiger charge is -2.35. The molecule has 5 atom stereocenters. The molecule has 1 amide bonds. The number of rotatable bonds is 16. The van der Waals surface area contributed by atoms with Crippen LogP contribution in [0.3, 0.4) is 0 Å². The summed E-state index contributed by atoms with van der Waals surface area (Å²) in [4.78, 5) is 50.4. The minimum absolute atomic E-state index is 0.0897. The molecule has 328 valence electrons. The Morgan fingerprint density at radius 1 is 0.873 bits per heavy atom. The van der Waals surface area contributed by atoms with Gasteiger partial charge in [-0.15, -0.1) is 6.58 Å². The first-order chi connectivity index (χ1) is 30.2. The summed E-state index contributed by atoms with van der Waals surface area (Å²) in [5.74, 6) is -0.932. The number of hydrogen-bond donors (Lipinski definition) is 0. The quantitative estimate of drug-likeness (QED) is 0.0542. The lowest BCUT2D eigenvalue weighted by atomic mass is 9.77. The average Bonchev–Trinajstić information content (AvgIpc) is 3.52. The first kappa shape index (κ1) is 43.9. The Balaban J connectivity index is 1.15. The molecule has 2 saturated carbocycles. The topological polar surface area (TPSA) is 121 Å². The number of para-hydroxylation sites is 2. The van der Waals surface area contributed by atoms with Crippen molar-refractivity contribution in [3.05, 3.63) is 133 Å². The Morgan fingerprint density at radius 2 is 1.49 bits per heavy atom. The van der Waals surface area contributed by atoms with E-state index in [2.05, 4.69) is 6.58 Å². The summed E-state index contributed by atoms with van der Waals surface area (Å²) in [7, 11) is -4.18. The number of carbonyl (C=O) groups excluding carboxylic acids is 3. The zero-order valence-electron chi connectivity index (χ0n) is 36.6. The number of Topliss-reactive ketones (excluding diaryl/α,β-unsaturated/α-hetero) is 1. The van der Waals surface area contributed by atoms with E-state index in [1.54, 1.807) is 59.5 Å². The maximum Gasteiger partial charge on any atom is 0.437 e. The molecule has 1 aromatic heterocycles. The Labute approximate surface area is 370 Å².